The first-order valence-electron chi connectivity index (χ1n) is 7.20. The minimum Gasteiger partial charge on any atom is -0.337 e. The number of hydrogen-bond acceptors (Lipinski definition) is 1. The van der Waals surface area contributed by atoms with Crippen LogP contribution in [0.1, 0.15) is 37.3 Å². The van der Waals surface area contributed by atoms with Gasteiger partial charge in [-0.2, -0.15) is 0 Å². The zero-order valence-corrected chi connectivity index (χ0v) is 12.7. The highest BCUT2D eigenvalue weighted by molar-refractivity contribution is 5.90. The van der Waals surface area contributed by atoms with Crippen LogP contribution in [0.5, 0.6) is 0 Å². The first-order valence-corrected chi connectivity index (χ1v) is 7.20. The number of quaternary nitrogens is 1. The van der Waals surface area contributed by atoms with Gasteiger partial charge in [-0.1, -0.05) is 19.4 Å². The van der Waals surface area contributed by atoms with E-state index in [1.54, 1.807) is 0 Å². The second kappa shape index (κ2) is 7.95. The van der Waals surface area contributed by atoms with Crippen LogP contribution < -0.4 is 10.2 Å². The van der Waals surface area contributed by atoms with E-state index in [1.165, 1.54) is 28.9 Å². The second-order valence-electron chi connectivity index (χ2n) is 5.49. The molecule has 0 aliphatic rings. The van der Waals surface area contributed by atoms with E-state index in [9.17, 15) is 4.79 Å². The number of amides is 1. The van der Waals surface area contributed by atoms with Crippen LogP contribution in [-0.4, -0.2) is 26.0 Å². The molecule has 1 aromatic rings. The number of nitrogens with one attached hydrogen (secondary N) is 2. The Balaban J connectivity index is 2.38. The van der Waals surface area contributed by atoms with E-state index in [4.69, 9.17) is 0 Å². The normalized spacial score (nSPS) is 12.2. The van der Waals surface area contributed by atoms with Crippen LogP contribution in [0, 0.1) is 13.8 Å². The molecule has 3 heteroatoms. The van der Waals surface area contributed by atoms with Gasteiger partial charge >= 0.3 is 0 Å². The van der Waals surface area contributed by atoms with Crippen molar-refractivity contribution in [2.45, 2.75) is 40.0 Å². The molecule has 0 spiro atoms. The largest absolute Gasteiger partial charge is 0.337 e. The maximum absolute atomic E-state index is 11.9. The van der Waals surface area contributed by atoms with Crippen molar-refractivity contribution in [3.05, 3.63) is 29.3 Å². The summed E-state index contributed by atoms with van der Waals surface area (Å²) in [5.74, 6) is 0.112. The summed E-state index contributed by atoms with van der Waals surface area (Å²) < 4.78 is 0. The van der Waals surface area contributed by atoms with Gasteiger partial charge in [-0.25, -0.2) is 0 Å². The molecule has 0 aromatic heterocycles. The number of aryl methyl sites for hydroxylation is 2. The number of hydrogen-bond donors (Lipinski definition) is 2. The van der Waals surface area contributed by atoms with E-state index in [-0.39, 0.29) is 5.91 Å². The summed E-state index contributed by atoms with van der Waals surface area (Å²) in [7, 11) is 2.15. The maximum Gasteiger partial charge on any atom is 0.230 e. The quantitative estimate of drug-likeness (QED) is 0.774. The van der Waals surface area contributed by atoms with Crippen molar-refractivity contribution in [2.75, 3.05) is 25.5 Å². The van der Waals surface area contributed by atoms with Gasteiger partial charge in [0.2, 0.25) is 5.91 Å². The van der Waals surface area contributed by atoms with Crippen LogP contribution in [0.2, 0.25) is 0 Å². The van der Waals surface area contributed by atoms with E-state index >= 15 is 0 Å². The summed E-state index contributed by atoms with van der Waals surface area (Å²) >= 11 is 0. The average Bonchev–Trinajstić information content (AvgIpc) is 2.32. The molecule has 0 bridgehead atoms. The van der Waals surface area contributed by atoms with Crippen molar-refractivity contribution >= 4 is 11.6 Å². The van der Waals surface area contributed by atoms with Gasteiger partial charge in [0.1, 0.15) is 0 Å². The summed E-state index contributed by atoms with van der Waals surface area (Å²) in [6.07, 6.45) is 3.03. The van der Waals surface area contributed by atoms with Crippen LogP contribution in [0.3, 0.4) is 0 Å². The fourth-order valence-electron chi connectivity index (χ4n) is 2.20. The number of unbranched alkanes of at least 4 members (excludes halogenated alkanes) is 1. The predicted octanol–water partition coefficient (Wildman–Crippen LogP) is 1.95. The molecule has 0 aliphatic heterocycles. The molecule has 0 fully saturated rings. The molecule has 0 aliphatic carbocycles. The van der Waals surface area contributed by atoms with E-state index in [2.05, 4.69) is 25.4 Å². The molecule has 1 atom stereocenters. The van der Waals surface area contributed by atoms with Gasteiger partial charge in [-0.15, -0.1) is 0 Å². The topological polar surface area (TPSA) is 33.5 Å². The lowest BCUT2D eigenvalue weighted by atomic mass is 10.1. The maximum atomic E-state index is 11.9. The van der Waals surface area contributed by atoms with Gasteiger partial charge < -0.3 is 10.2 Å². The predicted molar refractivity (Wildman–Crippen MR) is 80.7 cm³/mol. The molecule has 0 saturated carbocycles. The van der Waals surface area contributed by atoms with E-state index in [0.29, 0.717) is 6.42 Å². The van der Waals surface area contributed by atoms with Gasteiger partial charge in [-0.05, 0) is 43.5 Å². The second-order valence-corrected chi connectivity index (χ2v) is 5.49. The number of rotatable bonds is 7. The Hall–Kier alpha value is -1.35. The summed E-state index contributed by atoms with van der Waals surface area (Å²) in [6, 6.07) is 6.13. The SMILES string of the molecule is CCCC[NH+](C)CCC(=O)Nc1cc(C)cc(C)c1. The van der Waals surface area contributed by atoms with E-state index in [0.717, 1.165) is 18.8 Å². The van der Waals surface area contributed by atoms with Gasteiger partial charge in [0.05, 0.1) is 26.6 Å². The molecular formula is C16H27N2O+. The summed E-state index contributed by atoms with van der Waals surface area (Å²) in [5, 5.41) is 2.98. The molecule has 0 radical (unpaired) electrons. The Bertz CT molecular complexity index is 395. The summed E-state index contributed by atoms with van der Waals surface area (Å²) in [4.78, 5) is 13.3. The van der Waals surface area contributed by atoms with Crippen LogP contribution in [0.25, 0.3) is 0 Å². The van der Waals surface area contributed by atoms with Crippen molar-refractivity contribution in [1.29, 1.82) is 0 Å². The molecular weight excluding hydrogens is 236 g/mol. The molecule has 1 amide bonds. The fraction of sp³-hybridized carbons (Fsp3) is 0.562. The smallest absolute Gasteiger partial charge is 0.230 e. The van der Waals surface area contributed by atoms with Crippen LogP contribution in [-0.2, 0) is 4.79 Å². The zero-order valence-electron chi connectivity index (χ0n) is 12.7. The Morgan fingerprint density at radius 2 is 1.79 bits per heavy atom. The highest BCUT2D eigenvalue weighted by Gasteiger charge is 2.07. The van der Waals surface area contributed by atoms with Gasteiger partial charge in [0.25, 0.3) is 0 Å². The highest BCUT2D eigenvalue weighted by atomic mass is 16.1. The average molecular weight is 263 g/mol. The molecule has 19 heavy (non-hydrogen) atoms. The number of carbonyl (C=O) groups excluding carboxylic acids is 1. The molecule has 3 nitrogen and oxygen atoms in total. The Morgan fingerprint density at radius 1 is 1.16 bits per heavy atom. The summed E-state index contributed by atoms with van der Waals surface area (Å²) in [5.41, 5.74) is 3.27. The molecule has 1 unspecified atom stereocenters. The highest BCUT2D eigenvalue weighted by Crippen LogP contribution is 2.13. The monoisotopic (exact) mass is 263 g/mol. The van der Waals surface area contributed by atoms with Crippen LogP contribution in [0.4, 0.5) is 5.69 Å². The minimum atomic E-state index is 0.112. The third-order valence-electron chi connectivity index (χ3n) is 3.24. The molecule has 1 aromatic carbocycles. The van der Waals surface area contributed by atoms with Gasteiger partial charge in [-0.3, -0.25) is 4.79 Å². The van der Waals surface area contributed by atoms with Gasteiger partial charge in [0.15, 0.2) is 0 Å². The van der Waals surface area contributed by atoms with E-state index in [1.807, 2.05) is 26.0 Å². The molecule has 0 saturated heterocycles. The van der Waals surface area contributed by atoms with Crippen molar-refractivity contribution in [2.24, 2.45) is 0 Å². The third-order valence-corrected chi connectivity index (χ3v) is 3.24. The lowest BCUT2D eigenvalue weighted by Crippen LogP contribution is -3.09. The van der Waals surface area contributed by atoms with Crippen LogP contribution >= 0.6 is 0 Å². The standard InChI is InChI=1S/C16H26N2O/c1-5-6-8-18(4)9-7-16(19)17-15-11-13(2)10-14(3)12-15/h10-12H,5-9H2,1-4H3,(H,17,19)/p+1. The van der Waals surface area contributed by atoms with Crippen molar-refractivity contribution in [1.82, 2.24) is 0 Å². The van der Waals surface area contributed by atoms with Crippen molar-refractivity contribution in [3.63, 3.8) is 0 Å². The first-order chi connectivity index (χ1) is 9.01. The third kappa shape index (κ3) is 6.39. The fourth-order valence-corrected chi connectivity index (χ4v) is 2.20. The first kappa shape index (κ1) is 15.7. The number of benzene rings is 1. The van der Waals surface area contributed by atoms with Crippen LogP contribution in [0.15, 0.2) is 18.2 Å². The summed E-state index contributed by atoms with van der Waals surface area (Å²) in [6.45, 7) is 8.33. The molecule has 2 N–H and O–H groups in total. The lowest BCUT2D eigenvalue weighted by Gasteiger charge is -2.13. The van der Waals surface area contributed by atoms with E-state index < -0.39 is 0 Å². The zero-order chi connectivity index (χ0) is 14.3. The Morgan fingerprint density at radius 3 is 2.37 bits per heavy atom. The molecule has 1 rings (SSSR count). The Labute approximate surface area is 117 Å². The van der Waals surface area contributed by atoms with Crippen molar-refractivity contribution < 1.29 is 9.69 Å². The molecule has 0 heterocycles. The lowest BCUT2D eigenvalue weighted by molar-refractivity contribution is -0.879. The Kier molecular flexibility index (Phi) is 6.57. The molecule has 106 valence electrons. The number of carbonyl (C=O) groups is 1. The van der Waals surface area contributed by atoms with Crippen molar-refractivity contribution in [3.8, 4) is 0 Å². The minimum absolute atomic E-state index is 0.112. The van der Waals surface area contributed by atoms with Gasteiger partial charge in [0, 0.05) is 5.69 Å². The number of anilines is 1.